The summed E-state index contributed by atoms with van der Waals surface area (Å²) in [6.07, 6.45) is -2.72. The summed E-state index contributed by atoms with van der Waals surface area (Å²) in [5.74, 6) is -0.895. The lowest BCUT2D eigenvalue weighted by Crippen LogP contribution is -2.35. The molecule has 1 amide bonds. The Kier molecular flexibility index (Phi) is 5.54. The second-order valence-electron chi connectivity index (χ2n) is 5.08. The number of nitriles is 1. The molecule has 0 aliphatic carbocycles. The summed E-state index contributed by atoms with van der Waals surface area (Å²) in [7, 11) is 0. The minimum Gasteiger partial charge on any atom is -0.332 e. The van der Waals surface area contributed by atoms with Crippen molar-refractivity contribution in [1.82, 2.24) is 14.9 Å². The van der Waals surface area contributed by atoms with Gasteiger partial charge in [-0.1, -0.05) is 6.07 Å². The molecule has 0 bridgehead atoms. The number of nitrogens with one attached hydrogen (secondary N) is 1. The van der Waals surface area contributed by atoms with Crippen LogP contribution in [0.3, 0.4) is 0 Å². The highest BCUT2D eigenvalue weighted by atomic mass is 19.4. The van der Waals surface area contributed by atoms with E-state index in [9.17, 15) is 22.8 Å². The van der Waals surface area contributed by atoms with E-state index >= 15 is 0 Å². The Labute approximate surface area is 140 Å². The zero-order valence-corrected chi connectivity index (χ0v) is 12.9. The zero-order chi connectivity index (χ0) is 18.4. The maximum absolute atomic E-state index is 12.8. The van der Waals surface area contributed by atoms with E-state index < -0.39 is 28.8 Å². The van der Waals surface area contributed by atoms with Crippen LogP contribution in [0.1, 0.15) is 28.0 Å². The Morgan fingerprint density at radius 2 is 2.12 bits per heavy atom. The number of aromatic nitrogens is 2. The van der Waals surface area contributed by atoms with Crippen LogP contribution in [0.15, 0.2) is 41.5 Å². The number of halogens is 3. The molecule has 0 aliphatic rings. The van der Waals surface area contributed by atoms with Gasteiger partial charge in [0.15, 0.2) is 0 Å². The molecule has 0 aliphatic heterocycles. The van der Waals surface area contributed by atoms with Crippen molar-refractivity contribution >= 4 is 5.91 Å². The average molecular weight is 350 g/mol. The number of carbonyl (C=O) groups excluding carboxylic acids is 1. The largest absolute Gasteiger partial charge is 0.417 e. The second kappa shape index (κ2) is 7.61. The minimum atomic E-state index is -4.70. The van der Waals surface area contributed by atoms with Gasteiger partial charge in [0.2, 0.25) is 0 Å². The SMILES string of the molecule is N#CCCN(Cc1ccccn1)C(=O)c1cc(C(F)(F)F)c[nH]c1=O. The average Bonchev–Trinajstić information content (AvgIpc) is 2.58. The quantitative estimate of drug-likeness (QED) is 0.896. The maximum Gasteiger partial charge on any atom is 0.417 e. The first-order valence-electron chi connectivity index (χ1n) is 7.19. The van der Waals surface area contributed by atoms with Gasteiger partial charge in [0, 0.05) is 18.9 Å². The molecule has 0 saturated carbocycles. The van der Waals surface area contributed by atoms with Crippen LogP contribution in [-0.2, 0) is 12.7 Å². The molecule has 2 aromatic heterocycles. The van der Waals surface area contributed by atoms with Crippen LogP contribution in [-0.4, -0.2) is 27.3 Å². The molecule has 0 fully saturated rings. The fraction of sp³-hybridized carbons (Fsp3) is 0.250. The first kappa shape index (κ1) is 18.2. The summed E-state index contributed by atoms with van der Waals surface area (Å²) < 4.78 is 38.4. The number of H-pyrrole nitrogens is 1. The van der Waals surface area contributed by atoms with E-state index in [4.69, 9.17) is 5.26 Å². The number of hydrogen-bond acceptors (Lipinski definition) is 4. The highest BCUT2D eigenvalue weighted by molar-refractivity contribution is 5.94. The Morgan fingerprint density at radius 1 is 1.36 bits per heavy atom. The van der Waals surface area contributed by atoms with Crippen LogP contribution in [0.4, 0.5) is 13.2 Å². The molecule has 2 heterocycles. The molecule has 25 heavy (non-hydrogen) atoms. The normalized spacial score (nSPS) is 11.0. The topological polar surface area (TPSA) is 89.8 Å². The molecule has 130 valence electrons. The number of amides is 1. The van der Waals surface area contributed by atoms with Gasteiger partial charge in [0.25, 0.3) is 11.5 Å². The van der Waals surface area contributed by atoms with Gasteiger partial charge in [-0.2, -0.15) is 18.4 Å². The molecular weight excluding hydrogens is 337 g/mol. The molecule has 6 nitrogen and oxygen atoms in total. The van der Waals surface area contributed by atoms with E-state index in [1.807, 2.05) is 11.1 Å². The lowest BCUT2D eigenvalue weighted by atomic mass is 10.1. The van der Waals surface area contributed by atoms with Crippen molar-refractivity contribution in [3.8, 4) is 6.07 Å². The standard InChI is InChI=1S/C16H13F3N4O2/c17-16(18,19)11-8-13(14(24)22-9-11)15(25)23(7-3-5-20)10-12-4-1-2-6-21-12/h1-2,4,6,8-9H,3,7,10H2,(H,22,24). The number of hydrogen-bond donors (Lipinski definition) is 1. The predicted molar refractivity (Wildman–Crippen MR) is 81.3 cm³/mol. The summed E-state index contributed by atoms with van der Waals surface area (Å²) in [4.78, 5) is 31.5. The van der Waals surface area contributed by atoms with Crippen molar-refractivity contribution in [2.75, 3.05) is 6.54 Å². The van der Waals surface area contributed by atoms with Crippen LogP contribution < -0.4 is 5.56 Å². The van der Waals surface area contributed by atoms with E-state index in [0.717, 1.165) is 4.90 Å². The van der Waals surface area contributed by atoms with E-state index in [1.165, 1.54) is 6.20 Å². The van der Waals surface area contributed by atoms with Gasteiger partial charge < -0.3 is 9.88 Å². The molecule has 0 saturated heterocycles. The number of rotatable bonds is 5. The molecule has 0 aromatic carbocycles. The van der Waals surface area contributed by atoms with Gasteiger partial charge in [-0.25, -0.2) is 0 Å². The van der Waals surface area contributed by atoms with Gasteiger partial charge in [-0.3, -0.25) is 14.6 Å². The minimum absolute atomic E-state index is 0.0307. The molecule has 1 N–H and O–H groups in total. The first-order chi connectivity index (χ1) is 11.8. The number of carbonyl (C=O) groups is 1. The van der Waals surface area contributed by atoms with Gasteiger partial charge >= 0.3 is 6.18 Å². The van der Waals surface area contributed by atoms with Gasteiger partial charge in [-0.05, 0) is 18.2 Å². The summed E-state index contributed by atoms with van der Waals surface area (Å²) >= 11 is 0. The Bertz CT molecular complexity index is 841. The highest BCUT2D eigenvalue weighted by Crippen LogP contribution is 2.28. The molecule has 2 aromatic rings. The summed E-state index contributed by atoms with van der Waals surface area (Å²) in [6.45, 7) is -0.0708. The second-order valence-corrected chi connectivity index (χ2v) is 5.08. The van der Waals surface area contributed by atoms with Crippen LogP contribution in [0.25, 0.3) is 0 Å². The van der Waals surface area contributed by atoms with Crippen molar-refractivity contribution in [2.24, 2.45) is 0 Å². The third kappa shape index (κ3) is 4.67. The first-order valence-corrected chi connectivity index (χ1v) is 7.19. The maximum atomic E-state index is 12.8. The predicted octanol–water partition coefficient (Wildman–Crippen LogP) is 2.34. The smallest absolute Gasteiger partial charge is 0.332 e. The molecule has 0 spiro atoms. The summed E-state index contributed by atoms with van der Waals surface area (Å²) in [5, 5.41) is 8.72. The van der Waals surface area contributed by atoms with Crippen molar-refractivity contribution in [3.05, 3.63) is 63.8 Å². The Morgan fingerprint density at radius 3 is 2.72 bits per heavy atom. The zero-order valence-electron chi connectivity index (χ0n) is 12.9. The van der Waals surface area contributed by atoms with E-state index in [1.54, 1.807) is 18.2 Å². The van der Waals surface area contributed by atoms with Crippen LogP contribution >= 0.6 is 0 Å². The van der Waals surface area contributed by atoms with Crippen molar-refractivity contribution < 1.29 is 18.0 Å². The highest BCUT2D eigenvalue weighted by Gasteiger charge is 2.32. The molecule has 2 rings (SSSR count). The Balaban J connectivity index is 2.36. The van der Waals surface area contributed by atoms with Gasteiger partial charge in [0.05, 0.1) is 30.3 Å². The summed E-state index contributed by atoms with van der Waals surface area (Å²) in [5.41, 5.74) is -2.21. The fourth-order valence-corrected chi connectivity index (χ4v) is 2.10. The molecular formula is C16H13F3N4O2. The van der Waals surface area contributed by atoms with Gasteiger partial charge in [-0.15, -0.1) is 0 Å². The monoisotopic (exact) mass is 350 g/mol. The van der Waals surface area contributed by atoms with Crippen LogP contribution in [0, 0.1) is 11.3 Å². The van der Waals surface area contributed by atoms with Gasteiger partial charge in [0.1, 0.15) is 5.56 Å². The fourth-order valence-electron chi connectivity index (χ4n) is 2.10. The lowest BCUT2D eigenvalue weighted by molar-refractivity contribution is -0.137. The lowest BCUT2D eigenvalue weighted by Gasteiger charge is -2.21. The number of aromatic amines is 1. The van der Waals surface area contributed by atoms with E-state index in [-0.39, 0.29) is 19.5 Å². The molecule has 0 atom stereocenters. The Hall–Kier alpha value is -3.15. The van der Waals surface area contributed by atoms with Crippen LogP contribution in [0.2, 0.25) is 0 Å². The molecule has 0 radical (unpaired) electrons. The van der Waals surface area contributed by atoms with E-state index in [0.29, 0.717) is 18.0 Å². The van der Waals surface area contributed by atoms with E-state index in [2.05, 4.69) is 4.98 Å². The molecule has 0 unspecified atom stereocenters. The van der Waals surface area contributed by atoms with Crippen LogP contribution in [0.5, 0.6) is 0 Å². The number of nitrogens with zero attached hydrogens (tertiary/aromatic N) is 3. The number of alkyl halides is 3. The van der Waals surface area contributed by atoms with Crippen molar-refractivity contribution in [2.45, 2.75) is 19.1 Å². The molecule has 9 heteroatoms. The summed E-state index contributed by atoms with van der Waals surface area (Å²) in [6, 6.07) is 7.36. The van der Waals surface area contributed by atoms with Crippen molar-refractivity contribution in [3.63, 3.8) is 0 Å². The third-order valence-electron chi connectivity index (χ3n) is 3.32. The van der Waals surface area contributed by atoms with Crippen molar-refractivity contribution in [1.29, 1.82) is 5.26 Å². The third-order valence-corrected chi connectivity index (χ3v) is 3.32. The number of pyridine rings is 2.